The van der Waals surface area contributed by atoms with Crippen LogP contribution in [0.4, 0.5) is 5.69 Å². The van der Waals surface area contributed by atoms with Gasteiger partial charge in [0.25, 0.3) is 0 Å². The van der Waals surface area contributed by atoms with Gasteiger partial charge in [0.2, 0.25) is 0 Å². The monoisotopic (exact) mass is 464 g/mol. The van der Waals surface area contributed by atoms with Crippen LogP contribution in [0.15, 0.2) is 66.7 Å². The van der Waals surface area contributed by atoms with Crippen LogP contribution in [0, 0.1) is 0 Å². The van der Waals surface area contributed by atoms with Gasteiger partial charge in [-0.1, -0.05) is 12.1 Å². The molecule has 4 aromatic rings. The molecule has 1 radical (unpaired) electrons. The van der Waals surface area contributed by atoms with Gasteiger partial charge in [0.15, 0.2) is 0 Å². The third kappa shape index (κ3) is 3.89. The largest absolute Gasteiger partial charge is 0.399 e. The number of aromatic amines is 2. The molecule has 4 N–H and O–H groups in total. The Kier molecular flexibility index (Phi) is 5.02. The number of anilines is 1. The maximum atomic E-state index is 5.89. The van der Waals surface area contributed by atoms with E-state index in [-0.39, 0.29) is 17.1 Å². The van der Waals surface area contributed by atoms with Crippen molar-refractivity contribution in [2.24, 2.45) is 0 Å². The molecule has 1 aromatic carbocycles. The van der Waals surface area contributed by atoms with Crippen LogP contribution >= 0.6 is 0 Å². The Morgan fingerprint density at radius 3 is 1.69 bits per heavy atom. The molecule has 5 heterocycles. The molecule has 0 amide bonds. The second kappa shape index (κ2) is 8.00. The van der Waals surface area contributed by atoms with Gasteiger partial charge in [-0.3, -0.25) is 0 Å². The molecule has 0 fully saturated rings. The van der Waals surface area contributed by atoms with Crippen molar-refractivity contribution in [3.8, 4) is 11.1 Å². The van der Waals surface area contributed by atoms with Gasteiger partial charge >= 0.3 is 0 Å². The molecule has 0 unspecified atom stereocenters. The molecule has 6 heteroatoms. The third-order valence-electron chi connectivity index (χ3n) is 5.39. The van der Waals surface area contributed by atoms with Crippen LogP contribution in [0.25, 0.3) is 57.5 Å². The number of aromatic nitrogens is 4. The first-order valence-electron chi connectivity index (χ1n) is 10.1. The summed E-state index contributed by atoms with van der Waals surface area (Å²) in [5, 5.41) is 0. The van der Waals surface area contributed by atoms with E-state index in [2.05, 4.69) is 28.2 Å². The molecule has 6 rings (SSSR count). The number of hydrogen-bond donors (Lipinski definition) is 3. The quantitative estimate of drug-likeness (QED) is 0.209. The van der Waals surface area contributed by atoms with Crippen LogP contribution in [0.2, 0.25) is 0 Å². The molecule has 2 aliphatic rings. The fourth-order valence-electron chi connectivity index (χ4n) is 3.92. The normalized spacial score (nSPS) is 12.0. The summed E-state index contributed by atoms with van der Waals surface area (Å²) in [4.78, 5) is 16.4. The van der Waals surface area contributed by atoms with E-state index in [1.165, 1.54) is 0 Å². The van der Waals surface area contributed by atoms with E-state index in [1.807, 2.05) is 72.8 Å². The Labute approximate surface area is 195 Å². The Morgan fingerprint density at radius 2 is 1.09 bits per heavy atom. The molecule has 0 saturated heterocycles. The summed E-state index contributed by atoms with van der Waals surface area (Å²) >= 11 is 0. The second-order valence-electron chi connectivity index (χ2n) is 7.71. The van der Waals surface area contributed by atoms with E-state index in [4.69, 9.17) is 15.7 Å². The molecule has 8 bridgehead atoms. The molecule has 5 nitrogen and oxygen atoms in total. The zero-order valence-corrected chi connectivity index (χ0v) is 17.9. The van der Waals surface area contributed by atoms with E-state index in [1.54, 1.807) is 0 Å². The minimum Gasteiger partial charge on any atom is -0.399 e. The van der Waals surface area contributed by atoms with E-state index >= 15 is 0 Å². The number of nitrogens with zero attached hydrogens (tertiary/aromatic N) is 2. The number of rotatable bonds is 1. The number of hydrogen-bond acceptors (Lipinski definition) is 3. The van der Waals surface area contributed by atoms with Gasteiger partial charge in [-0.25, -0.2) is 9.97 Å². The van der Waals surface area contributed by atoms with Crippen molar-refractivity contribution in [2.75, 3.05) is 5.73 Å². The molecule has 159 valence electrons. The van der Waals surface area contributed by atoms with Gasteiger partial charge in [0.05, 0.1) is 22.8 Å². The summed E-state index contributed by atoms with van der Waals surface area (Å²) in [5.41, 5.74) is 16.4. The predicted molar refractivity (Wildman–Crippen MR) is 129 cm³/mol. The van der Waals surface area contributed by atoms with Crippen LogP contribution in [0.3, 0.4) is 0 Å². The van der Waals surface area contributed by atoms with Crippen LogP contribution in [-0.2, 0) is 17.1 Å². The van der Waals surface area contributed by atoms with Crippen molar-refractivity contribution in [3.05, 3.63) is 89.5 Å². The predicted octanol–water partition coefficient (Wildman–Crippen LogP) is 5.90. The van der Waals surface area contributed by atoms with Crippen molar-refractivity contribution in [3.63, 3.8) is 0 Å². The Bertz CT molecular complexity index is 1540. The van der Waals surface area contributed by atoms with Gasteiger partial charge < -0.3 is 15.7 Å². The summed E-state index contributed by atoms with van der Waals surface area (Å²) in [6, 6.07) is 22.4. The van der Waals surface area contributed by atoms with Gasteiger partial charge in [-0.2, -0.15) is 0 Å². The average Bonchev–Trinajstić information content (AvgIpc) is 3.54. The van der Waals surface area contributed by atoms with Crippen molar-refractivity contribution >= 4 is 52.1 Å². The molecule has 0 aliphatic carbocycles. The maximum Gasteiger partial charge on any atom is 0.0658 e. The molecule has 0 atom stereocenters. The van der Waals surface area contributed by atoms with Crippen LogP contribution in [-0.4, -0.2) is 19.9 Å². The number of fused-ring (bicyclic) bond motifs is 8. The minimum atomic E-state index is 0. The molecular formula is C26H19CuN5. The van der Waals surface area contributed by atoms with Crippen molar-refractivity contribution in [1.29, 1.82) is 0 Å². The average molecular weight is 465 g/mol. The molecular weight excluding hydrogens is 446 g/mol. The number of nitrogen functional groups attached to an aromatic ring is 1. The Morgan fingerprint density at radius 1 is 0.562 bits per heavy atom. The van der Waals surface area contributed by atoms with Crippen LogP contribution in [0.5, 0.6) is 0 Å². The standard InChI is InChI=1S/C26H19N5.Cu/c27-17-3-1-16(2-4-17)25-14-24-13-22-8-7-20(29-22)11-18-5-6-19(28-18)12-21-9-10-23(30-21)15-26(25)31-24;/h1-15,28,31H,27H2;. The molecule has 0 spiro atoms. The number of H-pyrrole nitrogens is 2. The maximum absolute atomic E-state index is 5.89. The van der Waals surface area contributed by atoms with Crippen molar-refractivity contribution in [1.82, 2.24) is 19.9 Å². The summed E-state index contributed by atoms with van der Waals surface area (Å²) in [6.45, 7) is 0. The second-order valence-corrected chi connectivity index (χ2v) is 7.71. The Hall–Kier alpha value is -3.86. The van der Waals surface area contributed by atoms with Gasteiger partial charge in [0.1, 0.15) is 0 Å². The summed E-state index contributed by atoms with van der Waals surface area (Å²) < 4.78 is 0. The van der Waals surface area contributed by atoms with Crippen molar-refractivity contribution < 1.29 is 17.1 Å². The smallest absolute Gasteiger partial charge is 0.0658 e. The molecule has 0 saturated carbocycles. The number of nitrogens with two attached hydrogens (primary N) is 1. The van der Waals surface area contributed by atoms with Crippen LogP contribution < -0.4 is 5.73 Å². The van der Waals surface area contributed by atoms with Gasteiger partial charge in [0, 0.05) is 50.4 Å². The molecule has 2 aliphatic heterocycles. The van der Waals surface area contributed by atoms with Crippen LogP contribution in [0.1, 0.15) is 22.8 Å². The fourth-order valence-corrected chi connectivity index (χ4v) is 3.92. The van der Waals surface area contributed by atoms with Crippen molar-refractivity contribution in [2.45, 2.75) is 0 Å². The molecule has 3 aromatic heterocycles. The minimum absolute atomic E-state index is 0. The van der Waals surface area contributed by atoms with E-state index in [0.717, 1.165) is 61.7 Å². The van der Waals surface area contributed by atoms with Gasteiger partial charge in [-0.15, -0.1) is 0 Å². The summed E-state index contributed by atoms with van der Waals surface area (Å²) in [5.74, 6) is 0. The number of benzene rings is 1. The van der Waals surface area contributed by atoms with E-state index in [0.29, 0.717) is 0 Å². The Balaban J connectivity index is 0.00000216. The third-order valence-corrected chi connectivity index (χ3v) is 5.39. The van der Waals surface area contributed by atoms with E-state index < -0.39 is 0 Å². The summed E-state index contributed by atoms with van der Waals surface area (Å²) in [7, 11) is 0. The first-order chi connectivity index (χ1) is 15.2. The molecule has 32 heavy (non-hydrogen) atoms. The topological polar surface area (TPSA) is 83.4 Å². The zero-order chi connectivity index (χ0) is 20.8. The number of nitrogens with one attached hydrogen (secondary N) is 2. The van der Waals surface area contributed by atoms with E-state index in [9.17, 15) is 0 Å². The SMILES string of the molecule is Nc1ccc(-c2cc3cc4nc(cc5ccc(cc6nc(cc2[nH]3)C=C6)[nH]5)C=C4)cc1.[Cu]. The first-order valence-corrected chi connectivity index (χ1v) is 10.1. The van der Waals surface area contributed by atoms with Gasteiger partial charge in [-0.05, 0) is 84.5 Å². The fraction of sp³-hybridized carbons (Fsp3) is 0. The zero-order valence-electron chi connectivity index (χ0n) is 16.9. The summed E-state index contributed by atoms with van der Waals surface area (Å²) in [6.07, 6.45) is 8.10. The first kappa shape index (κ1) is 20.1.